The molecule has 0 unspecified atom stereocenters. The van der Waals surface area contributed by atoms with E-state index in [1.165, 1.54) is 18.5 Å². The van der Waals surface area contributed by atoms with Crippen molar-refractivity contribution in [2.75, 3.05) is 64.6 Å². The lowest BCUT2D eigenvalue weighted by Gasteiger charge is -2.38. The fourth-order valence-corrected chi connectivity index (χ4v) is 3.13. The van der Waals surface area contributed by atoms with E-state index in [1.807, 2.05) is 19.9 Å². The third kappa shape index (κ3) is 6.40. The summed E-state index contributed by atoms with van der Waals surface area (Å²) in [6, 6.07) is 6.77. The topological polar surface area (TPSA) is 45.0 Å². The van der Waals surface area contributed by atoms with Crippen LogP contribution in [-0.4, -0.2) is 69.8 Å². The van der Waals surface area contributed by atoms with Gasteiger partial charge >= 0.3 is 0 Å². The van der Waals surface area contributed by atoms with Crippen molar-refractivity contribution in [2.45, 2.75) is 39.7 Å². The molecule has 0 aromatic heterocycles. The van der Waals surface area contributed by atoms with E-state index < -0.39 is 0 Å². The van der Waals surface area contributed by atoms with Gasteiger partial charge in [-0.25, -0.2) is 0 Å². The van der Waals surface area contributed by atoms with E-state index in [1.54, 1.807) is 7.11 Å². The van der Waals surface area contributed by atoms with Gasteiger partial charge in [0.25, 0.3) is 0 Å². The molecule has 0 saturated carbocycles. The minimum Gasteiger partial charge on any atom is -0.495 e. The number of nitrogens with two attached hydrogens (primary N) is 1. The van der Waals surface area contributed by atoms with Crippen LogP contribution in [0.2, 0.25) is 0 Å². The second-order valence-electron chi connectivity index (χ2n) is 6.52. The van der Waals surface area contributed by atoms with Gasteiger partial charge in [-0.15, -0.1) is 0 Å². The molecule has 1 fully saturated rings. The number of anilines is 2. The van der Waals surface area contributed by atoms with Gasteiger partial charge in [-0.3, -0.25) is 0 Å². The number of nitrogens with zero attached hydrogens (tertiary/aromatic N) is 3. The number of benzene rings is 1. The minimum absolute atomic E-state index is 0.687. The zero-order valence-electron chi connectivity index (χ0n) is 17.1. The number of methoxy groups -OCH3 is 1. The van der Waals surface area contributed by atoms with Crippen LogP contribution in [0.3, 0.4) is 0 Å². The number of hydrogen-bond acceptors (Lipinski definition) is 5. The second kappa shape index (κ2) is 11.2. The molecule has 1 aliphatic rings. The van der Waals surface area contributed by atoms with Gasteiger partial charge in [-0.05, 0) is 45.6 Å². The average molecular weight is 351 g/mol. The van der Waals surface area contributed by atoms with Crippen LogP contribution in [0.15, 0.2) is 18.2 Å². The van der Waals surface area contributed by atoms with Crippen LogP contribution in [-0.2, 0) is 0 Å². The highest BCUT2D eigenvalue weighted by Crippen LogP contribution is 2.29. The molecule has 0 spiro atoms. The van der Waals surface area contributed by atoms with Crippen molar-refractivity contribution in [3.63, 3.8) is 0 Å². The van der Waals surface area contributed by atoms with Gasteiger partial charge < -0.3 is 25.2 Å². The Bertz CT molecular complexity index is 487. The van der Waals surface area contributed by atoms with Gasteiger partial charge in [0.15, 0.2) is 0 Å². The highest BCUT2D eigenvalue weighted by atomic mass is 16.5. The summed E-state index contributed by atoms with van der Waals surface area (Å²) >= 11 is 0. The smallest absolute Gasteiger partial charge is 0.143 e. The first-order valence-electron chi connectivity index (χ1n) is 9.62. The first kappa shape index (κ1) is 21.6. The van der Waals surface area contributed by atoms with Crippen LogP contribution in [0.1, 0.15) is 33.6 Å². The Balaban J connectivity index is 0.00000151. The molecule has 1 aromatic rings. The van der Waals surface area contributed by atoms with Crippen molar-refractivity contribution in [3.05, 3.63) is 18.2 Å². The van der Waals surface area contributed by atoms with Gasteiger partial charge in [0, 0.05) is 44.0 Å². The largest absolute Gasteiger partial charge is 0.495 e. The molecule has 0 radical (unpaired) electrons. The summed E-state index contributed by atoms with van der Waals surface area (Å²) < 4.78 is 5.34. The molecule has 144 valence electrons. The van der Waals surface area contributed by atoms with E-state index in [9.17, 15) is 0 Å². The third-order valence-electron chi connectivity index (χ3n) is 5.04. The summed E-state index contributed by atoms with van der Waals surface area (Å²) in [6.45, 7) is 11.8. The Kier molecular flexibility index (Phi) is 9.68. The zero-order chi connectivity index (χ0) is 18.8. The molecule has 0 amide bonds. The van der Waals surface area contributed by atoms with E-state index >= 15 is 0 Å². The van der Waals surface area contributed by atoms with E-state index in [4.69, 9.17) is 10.5 Å². The quantitative estimate of drug-likeness (QED) is 0.765. The standard InChI is InChI=1S/C18H32N4O.C2H6/c1-5-20(2)12-13-21(3)15-8-10-22(11-9-15)16-6-7-17(19)18(14-16)23-4;1-2/h6-7,14-15H,5,8-13,19H2,1-4H3;1-2H3. The van der Waals surface area contributed by atoms with Crippen LogP contribution in [0, 0.1) is 0 Å². The summed E-state index contributed by atoms with van der Waals surface area (Å²) in [5.41, 5.74) is 7.82. The lowest BCUT2D eigenvalue weighted by molar-refractivity contribution is 0.184. The highest BCUT2D eigenvalue weighted by Gasteiger charge is 2.23. The molecule has 0 atom stereocenters. The SMILES string of the molecule is CC.CCN(C)CCN(C)C1CCN(c2ccc(N)c(OC)c2)CC1. The van der Waals surface area contributed by atoms with Crippen LogP contribution in [0.4, 0.5) is 11.4 Å². The molecule has 0 bridgehead atoms. The van der Waals surface area contributed by atoms with Gasteiger partial charge in [0.2, 0.25) is 0 Å². The molecule has 1 heterocycles. The predicted octanol–water partition coefficient (Wildman–Crippen LogP) is 3.16. The maximum absolute atomic E-state index is 5.91. The Labute approximate surface area is 154 Å². The molecule has 5 nitrogen and oxygen atoms in total. The maximum Gasteiger partial charge on any atom is 0.143 e. The lowest BCUT2D eigenvalue weighted by atomic mass is 10.0. The number of piperidine rings is 1. The molecule has 1 aliphatic heterocycles. The summed E-state index contributed by atoms with van der Waals surface area (Å²) in [5, 5.41) is 0. The average Bonchev–Trinajstić information content (AvgIpc) is 2.67. The molecule has 2 rings (SSSR count). The monoisotopic (exact) mass is 350 g/mol. The Morgan fingerprint density at radius 2 is 1.80 bits per heavy atom. The van der Waals surface area contributed by atoms with Crippen molar-refractivity contribution in [2.24, 2.45) is 0 Å². The number of ether oxygens (including phenoxy) is 1. The lowest BCUT2D eigenvalue weighted by Crippen LogP contribution is -2.45. The third-order valence-corrected chi connectivity index (χ3v) is 5.04. The first-order chi connectivity index (χ1) is 12.0. The molecule has 25 heavy (non-hydrogen) atoms. The summed E-state index contributed by atoms with van der Waals surface area (Å²) in [7, 11) is 6.12. The fraction of sp³-hybridized carbons (Fsp3) is 0.700. The van der Waals surface area contributed by atoms with Gasteiger partial charge in [0.1, 0.15) is 5.75 Å². The molecule has 1 aromatic carbocycles. The minimum atomic E-state index is 0.687. The maximum atomic E-state index is 5.91. The zero-order valence-corrected chi connectivity index (χ0v) is 17.1. The van der Waals surface area contributed by atoms with Crippen molar-refractivity contribution >= 4 is 11.4 Å². The number of rotatable bonds is 7. The molecular formula is C20H38N4O. The van der Waals surface area contributed by atoms with Crippen molar-refractivity contribution < 1.29 is 4.74 Å². The predicted molar refractivity (Wildman–Crippen MR) is 110 cm³/mol. The number of likely N-dealkylation sites (N-methyl/N-ethyl adjacent to an activating group) is 2. The van der Waals surface area contributed by atoms with Crippen molar-refractivity contribution in [1.29, 1.82) is 0 Å². The second-order valence-corrected chi connectivity index (χ2v) is 6.52. The normalized spacial score (nSPS) is 15.3. The van der Waals surface area contributed by atoms with Crippen LogP contribution >= 0.6 is 0 Å². The highest BCUT2D eigenvalue weighted by molar-refractivity contribution is 5.62. The number of nitrogen functional groups attached to an aromatic ring is 1. The van der Waals surface area contributed by atoms with Gasteiger partial charge in [0.05, 0.1) is 12.8 Å². The van der Waals surface area contributed by atoms with E-state index in [2.05, 4.69) is 47.9 Å². The Hall–Kier alpha value is -1.46. The van der Waals surface area contributed by atoms with Crippen LogP contribution < -0.4 is 15.4 Å². The molecule has 5 heteroatoms. The van der Waals surface area contributed by atoms with Crippen molar-refractivity contribution in [1.82, 2.24) is 9.80 Å². The summed E-state index contributed by atoms with van der Waals surface area (Å²) in [5.74, 6) is 0.768. The molecule has 1 saturated heterocycles. The molecule has 0 aliphatic carbocycles. The number of hydrogen-bond donors (Lipinski definition) is 1. The van der Waals surface area contributed by atoms with Crippen LogP contribution in [0.25, 0.3) is 0 Å². The molecule has 2 N–H and O–H groups in total. The fourth-order valence-electron chi connectivity index (χ4n) is 3.13. The van der Waals surface area contributed by atoms with Crippen LogP contribution in [0.5, 0.6) is 5.75 Å². The first-order valence-corrected chi connectivity index (χ1v) is 9.62. The van der Waals surface area contributed by atoms with Gasteiger partial charge in [-0.1, -0.05) is 20.8 Å². The Morgan fingerprint density at radius 3 is 2.36 bits per heavy atom. The van der Waals surface area contributed by atoms with E-state index in [-0.39, 0.29) is 0 Å². The van der Waals surface area contributed by atoms with E-state index in [0.717, 1.165) is 38.5 Å². The summed E-state index contributed by atoms with van der Waals surface area (Å²) in [6.07, 6.45) is 2.41. The van der Waals surface area contributed by atoms with Gasteiger partial charge in [-0.2, -0.15) is 0 Å². The van der Waals surface area contributed by atoms with Crippen molar-refractivity contribution in [3.8, 4) is 5.75 Å². The Morgan fingerprint density at radius 1 is 1.16 bits per heavy atom. The molecular weight excluding hydrogens is 312 g/mol. The summed E-state index contributed by atoms with van der Waals surface area (Å²) in [4.78, 5) is 7.32. The van der Waals surface area contributed by atoms with E-state index in [0.29, 0.717) is 11.7 Å².